The molecule has 1 heterocycles. The quantitative estimate of drug-likeness (QED) is 0.828. The molecule has 1 aliphatic rings. The number of hydrogen-bond acceptors (Lipinski definition) is 3. The molecule has 0 saturated carbocycles. The first-order chi connectivity index (χ1) is 8.04. The molecule has 1 amide bonds. The van der Waals surface area contributed by atoms with Crippen LogP contribution < -0.4 is 0 Å². The lowest BCUT2D eigenvalue weighted by Gasteiger charge is -2.52. The Hall–Kier alpha value is -0.810. The van der Waals surface area contributed by atoms with Crippen LogP contribution in [-0.2, 0) is 9.47 Å². The molecule has 18 heavy (non-hydrogen) atoms. The molecule has 0 aromatic heterocycles. The number of carbonyl (C=O) groups is 1. The Labute approximate surface area is 109 Å². The molecule has 106 valence electrons. The molecule has 1 aliphatic heterocycles. The van der Waals surface area contributed by atoms with Crippen molar-refractivity contribution in [1.82, 2.24) is 4.90 Å². The van der Waals surface area contributed by atoms with E-state index in [1.165, 1.54) is 4.90 Å². The van der Waals surface area contributed by atoms with E-state index in [2.05, 4.69) is 0 Å². The molecule has 0 atom stereocenters. The predicted octanol–water partition coefficient (Wildman–Crippen LogP) is 2.70. The minimum absolute atomic E-state index is 0.361. The standard InChI is InChI=1S/C13H25NO4/c1-7-13(8-17-12(5,6)18-9-13)14(10(15)16)11(2,3)4/h7-9H2,1-6H3,(H,15,16). The summed E-state index contributed by atoms with van der Waals surface area (Å²) in [6.07, 6.45) is -0.275. The fourth-order valence-electron chi connectivity index (χ4n) is 2.39. The second-order valence-corrected chi connectivity index (χ2v) is 6.34. The van der Waals surface area contributed by atoms with Gasteiger partial charge < -0.3 is 14.6 Å². The summed E-state index contributed by atoms with van der Waals surface area (Å²) in [5.41, 5.74) is -1.10. The summed E-state index contributed by atoms with van der Waals surface area (Å²) in [5.74, 6) is -0.638. The third-order valence-electron chi connectivity index (χ3n) is 3.37. The second kappa shape index (κ2) is 4.70. The highest BCUT2D eigenvalue weighted by molar-refractivity contribution is 5.67. The van der Waals surface area contributed by atoms with Crippen molar-refractivity contribution >= 4 is 6.09 Å². The summed E-state index contributed by atoms with van der Waals surface area (Å²) in [5, 5.41) is 9.50. The molecule has 0 radical (unpaired) electrons. The van der Waals surface area contributed by atoms with Gasteiger partial charge in [0.2, 0.25) is 0 Å². The van der Waals surface area contributed by atoms with Crippen molar-refractivity contribution in [3.05, 3.63) is 0 Å². The van der Waals surface area contributed by atoms with Crippen molar-refractivity contribution in [1.29, 1.82) is 0 Å². The number of nitrogens with zero attached hydrogens (tertiary/aromatic N) is 1. The molecule has 1 saturated heterocycles. The molecule has 5 heteroatoms. The first-order valence-corrected chi connectivity index (χ1v) is 6.35. The Bertz CT molecular complexity index is 309. The molecule has 1 rings (SSSR count). The SMILES string of the molecule is CCC1(N(C(=O)O)C(C)(C)C)COC(C)(C)OC1. The molecule has 0 aromatic rings. The number of carboxylic acid groups (broad SMARTS) is 1. The summed E-state index contributed by atoms with van der Waals surface area (Å²) in [4.78, 5) is 13.1. The Morgan fingerprint density at radius 3 is 2.00 bits per heavy atom. The number of rotatable bonds is 2. The predicted molar refractivity (Wildman–Crippen MR) is 68.6 cm³/mol. The van der Waals surface area contributed by atoms with E-state index < -0.39 is 23.0 Å². The van der Waals surface area contributed by atoms with Gasteiger partial charge in [-0.3, -0.25) is 4.90 Å². The van der Waals surface area contributed by atoms with Crippen molar-refractivity contribution in [2.24, 2.45) is 0 Å². The summed E-state index contributed by atoms with van der Waals surface area (Å²) in [6, 6.07) is 0. The molecule has 1 fully saturated rings. The zero-order valence-corrected chi connectivity index (χ0v) is 12.2. The van der Waals surface area contributed by atoms with E-state index in [0.29, 0.717) is 19.6 Å². The molecule has 1 N–H and O–H groups in total. The lowest BCUT2D eigenvalue weighted by molar-refractivity contribution is -0.289. The smallest absolute Gasteiger partial charge is 0.408 e. The van der Waals surface area contributed by atoms with Gasteiger partial charge in [0, 0.05) is 5.54 Å². The lowest BCUT2D eigenvalue weighted by atomic mass is 9.89. The molecule has 0 bridgehead atoms. The minimum atomic E-state index is -0.934. The normalized spacial score (nSPS) is 22.6. The van der Waals surface area contributed by atoms with Gasteiger partial charge in [-0.15, -0.1) is 0 Å². The van der Waals surface area contributed by atoms with Crippen LogP contribution in [0.4, 0.5) is 4.79 Å². The van der Waals surface area contributed by atoms with E-state index >= 15 is 0 Å². The summed E-state index contributed by atoms with van der Waals surface area (Å²) in [7, 11) is 0. The summed E-state index contributed by atoms with van der Waals surface area (Å²) in [6.45, 7) is 12.0. The molecule has 0 aromatic carbocycles. The van der Waals surface area contributed by atoms with E-state index in [1.54, 1.807) is 0 Å². The average molecular weight is 259 g/mol. The van der Waals surface area contributed by atoms with Gasteiger partial charge in [-0.05, 0) is 41.0 Å². The zero-order chi connectivity index (χ0) is 14.2. The van der Waals surface area contributed by atoms with Crippen LogP contribution in [-0.4, -0.2) is 46.2 Å². The van der Waals surface area contributed by atoms with Crippen LogP contribution in [0.2, 0.25) is 0 Å². The Morgan fingerprint density at radius 1 is 1.28 bits per heavy atom. The van der Waals surface area contributed by atoms with Crippen molar-refractivity contribution in [2.45, 2.75) is 64.8 Å². The van der Waals surface area contributed by atoms with Crippen LogP contribution in [0, 0.1) is 0 Å². The van der Waals surface area contributed by atoms with Crippen molar-refractivity contribution in [3.8, 4) is 0 Å². The van der Waals surface area contributed by atoms with Gasteiger partial charge in [0.25, 0.3) is 0 Å². The number of ether oxygens (including phenoxy) is 2. The summed E-state index contributed by atoms with van der Waals surface area (Å²) < 4.78 is 11.3. The van der Waals surface area contributed by atoms with Crippen molar-refractivity contribution < 1.29 is 19.4 Å². The molecular formula is C13H25NO4. The van der Waals surface area contributed by atoms with E-state index in [4.69, 9.17) is 9.47 Å². The van der Waals surface area contributed by atoms with Gasteiger partial charge in [0.1, 0.15) is 0 Å². The van der Waals surface area contributed by atoms with E-state index in [9.17, 15) is 9.90 Å². The topological polar surface area (TPSA) is 59.0 Å². The highest BCUT2D eigenvalue weighted by atomic mass is 16.7. The highest BCUT2D eigenvalue weighted by Crippen LogP contribution is 2.35. The molecule has 0 aliphatic carbocycles. The highest BCUT2D eigenvalue weighted by Gasteiger charge is 2.49. The fourth-order valence-corrected chi connectivity index (χ4v) is 2.39. The van der Waals surface area contributed by atoms with Crippen LogP contribution in [0.25, 0.3) is 0 Å². The third-order valence-corrected chi connectivity index (χ3v) is 3.37. The van der Waals surface area contributed by atoms with E-state index in [-0.39, 0.29) is 0 Å². The first kappa shape index (κ1) is 15.2. The monoisotopic (exact) mass is 259 g/mol. The third kappa shape index (κ3) is 2.95. The van der Waals surface area contributed by atoms with Crippen LogP contribution in [0.5, 0.6) is 0 Å². The van der Waals surface area contributed by atoms with Crippen LogP contribution in [0.3, 0.4) is 0 Å². The van der Waals surface area contributed by atoms with Crippen molar-refractivity contribution in [2.75, 3.05) is 13.2 Å². The van der Waals surface area contributed by atoms with Gasteiger partial charge in [-0.1, -0.05) is 6.92 Å². The van der Waals surface area contributed by atoms with Crippen molar-refractivity contribution in [3.63, 3.8) is 0 Å². The molecule has 0 spiro atoms. The largest absolute Gasteiger partial charge is 0.465 e. The Morgan fingerprint density at radius 2 is 1.72 bits per heavy atom. The molecule has 0 unspecified atom stereocenters. The Kier molecular flexibility index (Phi) is 3.98. The maximum absolute atomic E-state index is 11.6. The average Bonchev–Trinajstić information content (AvgIpc) is 2.19. The first-order valence-electron chi connectivity index (χ1n) is 6.35. The van der Waals surface area contributed by atoms with E-state index in [1.807, 2.05) is 41.5 Å². The maximum atomic E-state index is 11.6. The fraction of sp³-hybridized carbons (Fsp3) is 0.923. The Balaban J connectivity index is 3.04. The minimum Gasteiger partial charge on any atom is -0.465 e. The number of hydrogen-bond donors (Lipinski definition) is 1. The van der Waals surface area contributed by atoms with Gasteiger partial charge in [0.15, 0.2) is 5.79 Å². The van der Waals surface area contributed by atoms with Gasteiger partial charge in [-0.25, -0.2) is 4.79 Å². The van der Waals surface area contributed by atoms with Crippen LogP contribution in [0.15, 0.2) is 0 Å². The van der Waals surface area contributed by atoms with Crippen LogP contribution in [0.1, 0.15) is 48.0 Å². The zero-order valence-electron chi connectivity index (χ0n) is 12.2. The summed E-state index contributed by atoms with van der Waals surface area (Å²) >= 11 is 0. The van der Waals surface area contributed by atoms with Crippen LogP contribution >= 0.6 is 0 Å². The van der Waals surface area contributed by atoms with Gasteiger partial charge in [0.05, 0.1) is 18.8 Å². The van der Waals surface area contributed by atoms with E-state index in [0.717, 1.165) is 0 Å². The van der Waals surface area contributed by atoms with Gasteiger partial charge in [-0.2, -0.15) is 0 Å². The lowest BCUT2D eigenvalue weighted by Crippen LogP contribution is -2.67. The van der Waals surface area contributed by atoms with Gasteiger partial charge >= 0.3 is 6.09 Å². The second-order valence-electron chi connectivity index (χ2n) is 6.34. The maximum Gasteiger partial charge on any atom is 0.408 e. The molecule has 5 nitrogen and oxygen atoms in total. The number of amides is 1. The molecular weight excluding hydrogens is 234 g/mol.